The zero-order chi connectivity index (χ0) is 15.1. The number of carbonyl (C=O) groups is 2. The van der Waals surface area contributed by atoms with E-state index in [9.17, 15) is 18.4 Å². The highest BCUT2D eigenvalue weighted by Crippen LogP contribution is 2.31. The summed E-state index contributed by atoms with van der Waals surface area (Å²) in [6.45, 7) is 0.0587. The van der Waals surface area contributed by atoms with Crippen molar-refractivity contribution in [3.63, 3.8) is 0 Å². The standard InChI is InChI=1S/C15H8ClF2NO2/c16-11-5-8(1-3-12(11)18)7-19-13-4-2-9(17)6-10(13)14(20)15(19)21/h1-6H,7H2. The van der Waals surface area contributed by atoms with E-state index in [1.165, 1.54) is 35.2 Å². The van der Waals surface area contributed by atoms with Gasteiger partial charge in [0.2, 0.25) is 0 Å². The molecule has 106 valence electrons. The van der Waals surface area contributed by atoms with E-state index in [2.05, 4.69) is 0 Å². The number of nitrogens with zero attached hydrogens (tertiary/aromatic N) is 1. The first kappa shape index (κ1) is 13.7. The van der Waals surface area contributed by atoms with E-state index >= 15 is 0 Å². The lowest BCUT2D eigenvalue weighted by Crippen LogP contribution is -2.29. The fraction of sp³-hybridized carbons (Fsp3) is 0.0667. The molecule has 0 atom stereocenters. The van der Waals surface area contributed by atoms with Crippen molar-refractivity contribution in [1.29, 1.82) is 0 Å². The molecule has 0 aliphatic carbocycles. The average Bonchev–Trinajstić information content (AvgIpc) is 2.68. The van der Waals surface area contributed by atoms with Crippen molar-refractivity contribution in [3.05, 3.63) is 64.2 Å². The van der Waals surface area contributed by atoms with Crippen molar-refractivity contribution < 1.29 is 18.4 Å². The van der Waals surface area contributed by atoms with Crippen LogP contribution in [0.4, 0.5) is 14.5 Å². The van der Waals surface area contributed by atoms with Gasteiger partial charge < -0.3 is 4.90 Å². The fourth-order valence-electron chi connectivity index (χ4n) is 2.25. The predicted molar refractivity (Wildman–Crippen MR) is 73.3 cm³/mol. The smallest absolute Gasteiger partial charge is 0.299 e. The van der Waals surface area contributed by atoms with Gasteiger partial charge >= 0.3 is 0 Å². The molecule has 2 aromatic rings. The van der Waals surface area contributed by atoms with Gasteiger partial charge in [0.15, 0.2) is 0 Å². The van der Waals surface area contributed by atoms with E-state index in [0.717, 1.165) is 6.07 Å². The fourth-order valence-corrected chi connectivity index (χ4v) is 2.45. The molecule has 3 rings (SSSR count). The molecule has 0 aromatic heterocycles. The number of ketones is 1. The van der Waals surface area contributed by atoms with Crippen LogP contribution in [0.3, 0.4) is 0 Å². The van der Waals surface area contributed by atoms with E-state index in [1.54, 1.807) is 0 Å². The molecule has 1 aliphatic rings. The van der Waals surface area contributed by atoms with Crippen LogP contribution in [0.15, 0.2) is 36.4 Å². The summed E-state index contributed by atoms with van der Waals surface area (Å²) in [5.74, 6) is -2.64. The lowest BCUT2D eigenvalue weighted by atomic mass is 10.1. The molecule has 0 fully saturated rings. The molecular weight excluding hydrogens is 300 g/mol. The van der Waals surface area contributed by atoms with Crippen LogP contribution in [0.5, 0.6) is 0 Å². The first-order chi connectivity index (χ1) is 9.97. The first-order valence-corrected chi connectivity index (χ1v) is 6.45. The number of carbonyl (C=O) groups excluding carboxylic acids is 2. The van der Waals surface area contributed by atoms with Gasteiger partial charge in [0, 0.05) is 0 Å². The van der Waals surface area contributed by atoms with Gasteiger partial charge in [0.1, 0.15) is 11.6 Å². The molecule has 0 radical (unpaired) electrons. The maximum Gasteiger partial charge on any atom is 0.299 e. The summed E-state index contributed by atoms with van der Waals surface area (Å²) in [6.07, 6.45) is 0. The van der Waals surface area contributed by atoms with Crippen LogP contribution in [0.1, 0.15) is 15.9 Å². The molecule has 0 unspecified atom stereocenters. The van der Waals surface area contributed by atoms with Crippen molar-refractivity contribution >= 4 is 29.0 Å². The molecule has 1 amide bonds. The van der Waals surface area contributed by atoms with Crippen molar-refractivity contribution in [3.8, 4) is 0 Å². The Morgan fingerprint density at radius 1 is 1.05 bits per heavy atom. The molecule has 0 bridgehead atoms. The molecule has 0 N–H and O–H groups in total. The van der Waals surface area contributed by atoms with Crippen LogP contribution in [0.2, 0.25) is 5.02 Å². The van der Waals surface area contributed by atoms with Crippen molar-refractivity contribution in [1.82, 2.24) is 0 Å². The third kappa shape index (κ3) is 2.29. The minimum atomic E-state index is -0.752. The van der Waals surface area contributed by atoms with E-state index in [-0.39, 0.29) is 17.1 Å². The van der Waals surface area contributed by atoms with Crippen molar-refractivity contribution in [2.75, 3.05) is 4.90 Å². The zero-order valence-electron chi connectivity index (χ0n) is 10.6. The molecule has 3 nitrogen and oxygen atoms in total. The third-order valence-corrected chi connectivity index (χ3v) is 3.55. The molecule has 21 heavy (non-hydrogen) atoms. The van der Waals surface area contributed by atoms with E-state index in [4.69, 9.17) is 11.6 Å². The predicted octanol–water partition coefficient (Wildman–Crippen LogP) is 3.35. The SMILES string of the molecule is O=C1C(=O)N(Cc2ccc(F)c(Cl)c2)c2ccc(F)cc21. The minimum Gasteiger partial charge on any atom is -0.300 e. The number of rotatable bonds is 2. The number of benzene rings is 2. The maximum atomic E-state index is 13.2. The van der Waals surface area contributed by atoms with Gasteiger partial charge in [0.25, 0.3) is 11.7 Å². The van der Waals surface area contributed by atoms with Gasteiger partial charge in [-0.2, -0.15) is 0 Å². The van der Waals surface area contributed by atoms with Gasteiger partial charge in [-0.05, 0) is 35.9 Å². The number of anilines is 1. The van der Waals surface area contributed by atoms with Crippen LogP contribution in [0.25, 0.3) is 0 Å². The Balaban J connectivity index is 1.98. The van der Waals surface area contributed by atoms with Crippen LogP contribution >= 0.6 is 11.6 Å². The Morgan fingerprint density at radius 3 is 2.52 bits per heavy atom. The number of Topliss-reactive ketones (excluding diaryl/α,β-unsaturated/α-hetero) is 1. The average molecular weight is 308 g/mol. The van der Waals surface area contributed by atoms with Crippen LogP contribution in [0, 0.1) is 11.6 Å². The van der Waals surface area contributed by atoms with E-state index in [1.807, 2.05) is 0 Å². The summed E-state index contributed by atoms with van der Waals surface area (Å²) in [5.41, 5.74) is 0.944. The van der Waals surface area contributed by atoms with Gasteiger partial charge in [-0.25, -0.2) is 8.78 Å². The Hall–Kier alpha value is -2.27. The summed E-state index contributed by atoms with van der Waals surface area (Å²) in [6, 6.07) is 7.63. The van der Waals surface area contributed by atoms with Crippen LogP contribution in [-0.2, 0) is 11.3 Å². The molecule has 0 saturated carbocycles. The Bertz CT molecular complexity index is 776. The normalized spacial score (nSPS) is 13.8. The zero-order valence-corrected chi connectivity index (χ0v) is 11.3. The molecule has 0 saturated heterocycles. The highest BCUT2D eigenvalue weighted by Gasteiger charge is 2.36. The summed E-state index contributed by atoms with van der Waals surface area (Å²) in [5, 5.41) is -0.0650. The number of hydrogen-bond donors (Lipinski definition) is 0. The Labute approximate surface area is 123 Å². The second-order valence-electron chi connectivity index (χ2n) is 4.63. The molecular formula is C15H8ClF2NO2. The van der Waals surface area contributed by atoms with Crippen molar-refractivity contribution in [2.24, 2.45) is 0 Å². The number of halogens is 3. The van der Waals surface area contributed by atoms with Gasteiger partial charge in [-0.3, -0.25) is 9.59 Å². The topological polar surface area (TPSA) is 37.4 Å². The van der Waals surface area contributed by atoms with Crippen LogP contribution < -0.4 is 4.90 Å². The van der Waals surface area contributed by atoms with Gasteiger partial charge in [-0.1, -0.05) is 17.7 Å². The van der Waals surface area contributed by atoms with E-state index < -0.39 is 23.3 Å². The van der Waals surface area contributed by atoms with Crippen LogP contribution in [-0.4, -0.2) is 11.7 Å². The lowest BCUT2D eigenvalue weighted by molar-refractivity contribution is -0.114. The summed E-state index contributed by atoms with van der Waals surface area (Å²) in [7, 11) is 0. The highest BCUT2D eigenvalue weighted by atomic mass is 35.5. The number of fused-ring (bicyclic) bond motifs is 1. The summed E-state index contributed by atoms with van der Waals surface area (Å²) in [4.78, 5) is 25.0. The summed E-state index contributed by atoms with van der Waals surface area (Å²) >= 11 is 5.69. The van der Waals surface area contributed by atoms with E-state index in [0.29, 0.717) is 11.3 Å². The quantitative estimate of drug-likeness (QED) is 0.798. The molecule has 2 aromatic carbocycles. The molecule has 1 aliphatic heterocycles. The molecule has 0 spiro atoms. The second-order valence-corrected chi connectivity index (χ2v) is 5.04. The second kappa shape index (κ2) is 4.93. The van der Waals surface area contributed by atoms with Gasteiger partial charge in [-0.15, -0.1) is 0 Å². The summed E-state index contributed by atoms with van der Waals surface area (Å²) < 4.78 is 26.3. The first-order valence-electron chi connectivity index (χ1n) is 6.07. The molecule has 6 heteroatoms. The van der Waals surface area contributed by atoms with Crippen molar-refractivity contribution in [2.45, 2.75) is 6.54 Å². The third-order valence-electron chi connectivity index (χ3n) is 3.26. The Kier molecular flexibility index (Phi) is 3.22. The monoisotopic (exact) mass is 307 g/mol. The molecule has 1 heterocycles. The Morgan fingerprint density at radius 2 is 1.81 bits per heavy atom. The largest absolute Gasteiger partial charge is 0.300 e. The maximum absolute atomic E-state index is 13.2. The van der Waals surface area contributed by atoms with Gasteiger partial charge in [0.05, 0.1) is 22.8 Å². The number of amides is 1. The minimum absolute atomic E-state index is 0.0354. The lowest BCUT2D eigenvalue weighted by Gasteiger charge is -2.16. The highest BCUT2D eigenvalue weighted by molar-refractivity contribution is 6.52. The number of hydrogen-bond acceptors (Lipinski definition) is 2.